The molecular weight excluding hydrogens is 180 g/mol. The molecule has 14 heavy (non-hydrogen) atoms. The Hall–Kier alpha value is -0.120. The van der Waals surface area contributed by atoms with Crippen LogP contribution in [-0.2, 0) is 9.47 Å². The maximum atomic E-state index is 9.73. The molecule has 3 unspecified atom stereocenters. The molecule has 0 aromatic carbocycles. The van der Waals surface area contributed by atoms with E-state index in [0.717, 1.165) is 38.4 Å². The fourth-order valence-corrected chi connectivity index (χ4v) is 2.53. The molecule has 0 spiro atoms. The molecule has 0 aliphatic carbocycles. The van der Waals surface area contributed by atoms with Crippen LogP contribution in [0.4, 0.5) is 0 Å². The van der Waals surface area contributed by atoms with E-state index < -0.39 is 0 Å². The Balaban J connectivity index is 1.82. The molecule has 1 N–H and O–H groups in total. The molecule has 2 aliphatic heterocycles. The van der Waals surface area contributed by atoms with Crippen molar-refractivity contribution in [3.05, 3.63) is 0 Å². The van der Waals surface area contributed by atoms with Crippen molar-refractivity contribution in [2.75, 3.05) is 19.8 Å². The van der Waals surface area contributed by atoms with Crippen molar-refractivity contribution < 1.29 is 14.6 Å². The van der Waals surface area contributed by atoms with E-state index in [9.17, 15) is 5.11 Å². The topological polar surface area (TPSA) is 38.7 Å². The van der Waals surface area contributed by atoms with Gasteiger partial charge in [0.05, 0.1) is 18.8 Å². The van der Waals surface area contributed by atoms with Gasteiger partial charge in [0, 0.05) is 19.1 Å². The maximum absolute atomic E-state index is 9.73. The van der Waals surface area contributed by atoms with E-state index in [4.69, 9.17) is 9.47 Å². The molecule has 0 saturated carbocycles. The molecule has 2 saturated heterocycles. The quantitative estimate of drug-likeness (QED) is 0.728. The predicted molar refractivity (Wildman–Crippen MR) is 53.1 cm³/mol. The van der Waals surface area contributed by atoms with Crippen molar-refractivity contribution in [2.45, 2.75) is 38.4 Å². The summed E-state index contributed by atoms with van der Waals surface area (Å²) < 4.78 is 10.8. The minimum atomic E-state index is -0.243. The highest BCUT2D eigenvalue weighted by atomic mass is 16.5. The summed E-state index contributed by atoms with van der Waals surface area (Å²) in [5, 5.41) is 9.73. The minimum Gasteiger partial charge on any atom is -0.390 e. The van der Waals surface area contributed by atoms with Crippen molar-refractivity contribution in [2.24, 2.45) is 11.8 Å². The monoisotopic (exact) mass is 200 g/mol. The van der Waals surface area contributed by atoms with Crippen molar-refractivity contribution in [3.8, 4) is 0 Å². The van der Waals surface area contributed by atoms with E-state index in [1.54, 1.807) is 0 Å². The Morgan fingerprint density at radius 2 is 2.00 bits per heavy atom. The Morgan fingerprint density at radius 3 is 2.57 bits per heavy atom. The smallest absolute Gasteiger partial charge is 0.0826 e. The van der Waals surface area contributed by atoms with E-state index in [2.05, 4.69) is 6.92 Å². The zero-order chi connectivity index (χ0) is 9.97. The van der Waals surface area contributed by atoms with E-state index in [1.165, 1.54) is 0 Å². The van der Waals surface area contributed by atoms with Crippen LogP contribution < -0.4 is 0 Å². The minimum absolute atomic E-state index is 0.229. The van der Waals surface area contributed by atoms with E-state index in [-0.39, 0.29) is 12.2 Å². The van der Waals surface area contributed by atoms with E-state index in [0.29, 0.717) is 12.5 Å². The third-order valence-electron chi connectivity index (χ3n) is 3.57. The van der Waals surface area contributed by atoms with Gasteiger partial charge in [-0.05, 0) is 32.1 Å². The van der Waals surface area contributed by atoms with Gasteiger partial charge in [-0.2, -0.15) is 0 Å². The molecular formula is C11H20O3. The molecule has 3 nitrogen and oxygen atoms in total. The van der Waals surface area contributed by atoms with Gasteiger partial charge in [0.25, 0.3) is 0 Å². The van der Waals surface area contributed by atoms with Crippen molar-refractivity contribution in [1.82, 2.24) is 0 Å². The van der Waals surface area contributed by atoms with Gasteiger partial charge >= 0.3 is 0 Å². The standard InChI is InChI=1S/C11H20O3/c1-8-10(11(12)7-14-8)6-9-2-4-13-5-3-9/h8-12H,2-7H2,1H3. The summed E-state index contributed by atoms with van der Waals surface area (Å²) in [7, 11) is 0. The normalized spacial score (nSPS) is 40.3. The number of hydrogen-bond acceptors (Lipinski definition) is 3. The van der Waals surface area contributed by atoms with Gasteiger partial charge in [0.15, 0.2) is 0 Å². The van der Waals surface area contributed by atoms with E-state index >= 15 is 0 Å². The Morgan fingerprint density at radius 1 is 1.29 bits per heavy atom. The number of ether oxygens (including phenoxy) is 2. The van der Waals surface area contributed by atoms with Gasteiger partial charge in [-0.3, -0.25) is 0 Å². The summed E-state index contributed by atoms with van der Waals surface area (Å²) in [5.74, 6) is 1.07. The average molecular weight is 200 g/mol. The Kier molecular flexibility index (Phi) is 3.42. The second-order valence-corrected chi connectivity index (χ2v) is 4.56. The van der Waals surface area contributed by atoms with Crippen LogP contribution in [0.3, 0.4) is 0 Å². The average Bonchev–Trinajstić information content (AvgIpc) is 2.51. The molecule has 82 valence electrons. The van der Waals surface area contributed by atoms with Crippen LogP contribution in [-0.4, -0.2) is 37.1 Å². The number of rotatable bonds is 2. The van der Waals surface area contributed by atoms with Crippen LogP contribution in [0, 0.1) is 11.8 Å². The molecule has 2 heterocycles. The first-order valence-electron chi connectivity index (χ1n) is 5.65. The van der Waals surface area contributed by atoms with Crippen LogP contribution in [0.1, 0.15) is 26.2 Å². The van der Waals surface area contributed by atoms with Gasteiger partial charge in [0.2, 0.25) is 0 Å². The molecule has 2 aliphatic rings. The molecule has 3 atom stereocenters. The van der Waals surface area contributed by atoms with Crippen LogP contribution in [0.25, 0.3) is 0 Å². The van der Waals surface area contributed by atoms with Gasteiger partial charge in [-0.15, -0.1) is 0 Å². The van der Waals surface area contributed by atoms with Crippen molar-refractivity contribution >= 4 is 0 Å². The first-order valence-corrected chi connectivity index (χ1v) is 5.65. The van der Waals surface area contributed by atoms with Gasteiger partial charge < -0.3 is 14.6 Å². The van der Waals surface area contributed by atoms with Crippen molar-refractivity contribution in [3.63, 3.8) is 0 Å². The third-order valence-corrected chi connectivity index (χ3v) is 3.57. The summed E-state index contributed by atoms with van der Waals surface area (Å²) in [6, 6.07) is 0. The molecule has 0 aromatic heterocycles. The summed E-state index contributed by atoms with van der Waals surface area (Å²) in [6.07, 6.45) is 3.39. The largest absolute Gasteiger partial charge is 0.390 e. The van der Waals surface area contributed by atoms with Gasteiger partial charge in [-0.1, -0.05) is 0 Å². The predicted octanol–water partition coefficient (Wildman–Crippen LogP) is 1.20. The molecule has 3 heteroatoms. The molecule has 0 bridgehead atoms. The lowest BCUT2D eigenvalue weighted by molar-refractivity contribution is 0.0430. The molecule has 0 amide bonds. The maximum Gasteiger partial charge on any atom is 0.0826 e. The molecule has 2 rings (SSSR count). The zero-order valence-electron chi connectivity index (χ0n) is 8.82. The number of aliphatic hydroxyl groups excluding tert-OH is 1. The zero-order valence-corrected chi connectivity index (χ0v) is 8.82. The van der Waals surface area contributed by atoms with Crippen LogP contribution in [0.15, 0.2) is 0 Å². The summed E-state index contributed by atoms with van der Waals surface area (Å²) >= 11 is 0. The highest BCUT2D eigenvalue weighted by Gasteiger charge is 2.34. The molecule has 0 radical (unpaired) electrons. The molecule has 2 fully saturated rings. The van der Waals surface area contributed by atoms with Gasteiger partial charge in [0.1, 0.15) is 0 Å². The fraction of sp³-hybridized carbons (Fsp3) is 1.00. The number of hydrogen-bond donors (Lipinski definition) is 1. The van der Waals surface area contributed by atoms with Gasteiger partial charge in [-0.25, -0.2) is 0 Å². The first-order chi connectivity index (χ1) is 6.77. The highest BCUT2D eigenvalue weighted by molar-refractivity contribution is 4.83. The SMILES string of the molecule is CC1OCC(O)C1CC1CCOCC1. The van der Waals surface area contributed by atoms with E-state index in [1.807, 2.05) is 0 Å². The fourth-order valence-electron chi connectivity index (χ4n) is 2.53. The summed E-state index contributed by atoms with van der Waals surface area (Å²) in [6.45, 7) is 4.38. The number of aliphatic hydroxyl groups is 1. The van der Waals surface area contributed by atoms with Crippen LogP contribution in [0.5, 0.6) is 0 Å². The second-order valence-electron chi connectivity index (χ2n) is 4.56. The lowest BCUT2D eigenvalue weighted by Gasteiger charge is -2.27. The molecule has 0 aromatic rings. The van der Waals surface area contributed by atoms with Crippen LogP contribution in [0.2, 0.25) is 0 Å². The van der Waals surface area contributed by atoms with Crippen LogP contribution >= 0.6 is 0 Å². The van der Waals surface area contributed by atoms with Crippen molar-refractivity contribution in [1.29, 1.82) is 0 Å². The highest BCUT2D eigenvalue weighted by Crippen LogP contribution is 2.31. The lowest BCUT2D eigenvalue weighted by Crippen LogP contribution is -2.27. The summed E-state index contributed by atoms with van der Waals surface area (Å²) in [5.41, 5.74) is 0. The Labute approximate surface area is 85.4 Å². The lowest BCUT2D eigenvalue weighted by atomic mass is 9.85. The first kappa shape index (κ1) is 10.4. The second kappa shape index (κ2) is 4.60. The third kappa shape index (κ3) is 2.27. The summed E-state index contributed by atoms with van der Waals surface area (Å²) in [4.78, 5) is 0. The Bertz CT molecular complexity index is 167.